The third-order valence-electron chi connectivity index (χ3n) is 3.55. The number of rotatable bonds is 4. The molecule has 1 N–H and O–H groups in total. The number of nitrogens with one attached hydrogen (secondary N) is 1. The molecule has 0 aliphatic carbocycles. The van der Waals surface area contributed by atoms with Crippen molar-refractivity contribution in [2.45, 2.75) is 11.3 Å². The van der Waals surface area contributed by atoms with Crippen molar-refractivity contribution in [2.24, 2.45) is 0 Å². The van der Waals surface area contributed by atoms with Crippen molar-refractivity contribution in [3.63, 3.8) is 0 Å². The summed E-state index contributed by atoms with van der Waals surface area (Å²) < 4.78 is 14.6. The van der Waals surface area contributed by atoms with Gasteiger partial charge in [-0.05, 0) is 48.4 Å². The lowest BCUT2D eigenvalue weighted by Gasteiger charge is -2.18. The Labute approximate surface area is 132 Å². The van der Waals surface area contributed by atoms with Gasteiger partial charge in [0.15, 0.2) is 11.0 Å². The molecule has 1 amide bonds. The van der Waals surface area contributed by atoms with Crippen molar-refractivity contribution in [3.05, 3.63) is 66.7 Å². The second kappa shape index (κ2) is 6.15. The van der Waals surface area contributed by atoms with Gasteiger partial charge in [-0.3, -0.25) is 9.10 Å². The Balaban J connectivity index is 1.79. The van der Waals surface area contributed by atoms with Crippen LogP contribution in [0.25, 0.3) is 0 Å². The van der Waals surface area contributed by atoms with Crippen molar-refractivity contribution < 1.29 is 9.00 Å². The molecule has 2 aromatic carbocycles. The number of carbonyl (C=O) groups excluding carboxylic acids is 1. The van der Waals surface area contributed by atoms with Crippen LogP contribution >= 0.6 is 0 Å². The molecular weight excluding hydrogens is 296 g/mol. The van der Waals surface area contributed by atoms with Gasteiger partial charge in [0.2, 0.25) is 5.91 Å². The van der Waals surface area contributed by atoms with Crippen LogP contribution < -0.4 is 9.62 Å². The summed E-state index contributed by atoms with van der Waals surface area (Å²) in [6, 6.07) is 15.1. The van der Waals surface area contributed by atoms with Gasteiger partial charge in [-0.2, -0.15) is 0 Å². The van der Waals surface area contributed by atoms with Crippen molar-refractivity contribution in [1.29, 1.82) is 0 Å². The first-order valence-electron chi connectivity index (χ1n) is 7.00. The van der Waals surface area contributed by atoms with Gasteiger partial charge in [-0.1, -0.05) is 24.8 Å². The minimum absolute atomic E-state index is 0.262. The standard InChI is InChI=1S/C17H16N2O2S/c1-2-17(20)18-14-7-9-15(10-8-14)22(21)19-12-11-13-5-3-4-6-16(13)19/h2-10H,1,11-12H2,(H,18,20). The van der Waals surface area contributed by atoms with E-state index in [-0.39, 0.29) is 5.91 Å². The summed E-state index contributed by atoms with van der Waals surface area (Å²) in [5, 5.41) is 2.67. The summed E-state index contributed by atoms with van der Waals surface area (Å²) in [5.41, 5.74) is 2.92. The Hall–Kier alpha value is -2.40. The minimum Gasteiger partial charge on any atom is -0.323 e. The van der Waals surface area contributed by atoms with Gasteiger partial charge in [0.25, 0.3) is 0 Å². The smallest absolute Gasteiger partial charge is 0.247 e. The van der Waals surface area contributed by atoms with E-state index in [0.717, 1.165) is 18.7 Å². The molecule has 22 heavy (non-hydrogen) atoms. The molecule has 5 heteroatoms. The van der Waals surface area contributed by atoms with Crippen LogP contribution in [0.2, 0.25) is 0 Å². The van der Waals surface area contributed by atoms with E-state index in [1.54, 1.807) is 24.3 Å². The number of benzene rings is 2. The largest absolute Gasteiger partial charge is 0.323 e. The summed E-state index contributed by atoms with van der Waals surface area (Å²) in [7, 11) is -1.24. The highest BCUT2D eigenvalue weighted by Gasteiger charge is 2.24. The van der Waals surface area contributed by atoms with E-state index in [0.29, 0.717) is 10.6 Å². The van der Waals surface area contributed by atoms with E-state index in [2.05, 4.69) is 18.0 Å². The Kier molecular flexibility index (Phi) is 4.06. The first kappa shape index (κ1) is 14.5. The van der Waals surface area contributed by atoms with Crippen LogP contribution in [0.1, 0.15) is 5.56 Å². The van der Waals surface area contributed by atoms with Crippen molar-refractivity contribution in [3.8, 4) is 0 Å². The summed E-state index contributed by atoms with van der Waals surface area (Å²) in [6.07, 6.45) is 2.13. The summed E-state index contributed by atoms with van der Waals surface area (Å²) in [5.74, 6) is -0.262. The number of para-hydroxylation sites is 1. The number of hydrogen-bond acceptors (Lipinski definition) is 2. The molecule has 1 heterocycles. The first-order chi connectivity index (χ1) is 10.7. The number of carbonyl (C=O) groups is 1. The van der Waals surface area contributed by atoms with Crippen molar-refractivity contribution in [1.82, 2.24) is 0 Å². The van der Waals surface area contributed by atoms with Gasteiger partial charge in [-0.25, -0.2) is 4.21 Å². The molecule has 0 spiro atoms. The molecular formula is C17H16N2O2S. The molecule has 1 atom stereocenters. The Bertz CT molecular complexity index is 741. The lowest BCUT2D eigenvalue weighted by atomic mass is 10.2. The normalized spacial score (nSPS) is 14.3. The van der Waals surface area contributed by atoms with Crippen LogP contribution in [0.15, 0.2) is 66.1 Å². The molecule has 0 saturated heterocycles. The lowest BCUT2D eigenvalue weighted by Crippen LogP contribution is -2.23. The first-order valence-corrected chi connectivity index (χ1v) is 8.10. The van der Waals surface area contributed by atoms with Crippen molar-refractivity contribution >= 4 is 28.3 Å². The predicted molar refractivity (Wildman–Crippen MR) is 89.2 cm³/mol. The molecule has 0 saturated carbocycles. The number of amides is 1. The average molecular weight is 312 g/mol. The van der Waals surface area contributed by atoms with E-state index in [1.165, 1.54) is 11.6 Å². The zero-order valence-corrected chi connectivity index (χ0v) is 12.8. The zero-order chi connectivity index (χ0) is 15.5. The van der Waals surface area contributed by atoms with E-state index in [9.17, 15) is 9.00 Å². The van der Waals surface area contributed by atoms with Crippen LogP contribution in [-0.4, -0.2) is 16.7 Å². The maximum Gasteiger partial charge on any atom is 0.247 e. The Morgan fingerprint density at radius 3 is 2.64 bits per heavy atom. The monoisotopic (exact) mass is 312 g/mol. The number of hydrogen-bond donors (Lipinski definition) is 1. The third kappa shape index (κ3) is 2.80. The number of fused-ring (bicyclic) bond motifs is 1. The second-order valence-electron chi connectivity index (χ2n) is 4.95. The molecule has 112 valence electrons. The molecule has 2 aromatic rings. The maximum absolute atomic E-state index is 12.7. The molecule has 1 unspecified atom stereocenters. The van der Waals surface area contributed by atoms with Gasteiger partial charge < -0.3 is 5.32 Å². The van der Waals surface area contributed by atoms with Gasteiger partial charge in [-0.15, -0.1) is 0 Å². The lowest BCUT2D eigenvalue weighted by molar-refractivity contribution is -0.111. The molecule has 1 aliphatic rings. The van der Waals surface area contributed by atoms with E-state index in [4.69, 9.17) is 0 Å². The molecule has 4 nitrogen and oxygen atoms in total. The molecule has 0 radical (unpaired) electrons. The minimum atomic E-state index is -1.24. The number of anilines is 2. The highest BCUT2D eigenvalue weighted by atomic mass is 32.2. The fraction of sp³-hybridized carbons (Fsp3) is 0.118. The Morgan fingerprint density at radius 2 is 1.91 bits per heavy atom. The van der Waals surface area contributed by atoms with E-state index < -0.39 is 11.0 Å². The summed E-state index contributed by atoms with van der Waals surface area (Å²) in [4.78, 5) is 12.0. The van der Waals surface area contributed by atoms with Gasteiger partial charge in [0.05, 0.1) is 10.6 Å². The van der Waals surface area contributed by atoms with Gasteiger partial charge in [0.1, 0.15) is 0 Å². The van der Waals surface area contributed by atoms with E-state index in [1.807, 2.05) is 22.5 Å². The van der Waals surface area contributed by atoms with Crippen LogP contribution in [-0.2, 0) is 22.2 Å². The van der Waals surface area contributed by atoms with Crippen LogP contribution in [0.4, 0.5) is 11.4 Å². The number of nitrogens with zero attached hydrogens (tertiary/aromatic N) is 1. The third-order valence-corrected chi connectivity index (χ3v) is 5.01. The molecule has 1 aliphatic heterocycles. The van der Waals surface area contributed by atoms with Crippen molar-refractivity contribution in [2.75, 3.05) is 16.2 Å². The quantitative estimate of drug-likeness (QED) is 0.883. The fourth-order valence-corrected chi connectivity index (χ4v) is 3.69. The topological polar surface area (TPSA) is 49.4 Å². The second-order valence-corrected chi connectivity index (χ2v) is 6.36. The average Bonchev–Trinajstić information content (AvgIpc) is 2.99. The highest BCUT2D eigenvalue weighted by Crippen LogP contribution is 2.30. The highest BCUT2D eigenvalue weighted by molar-refractivity contribution is 7.86. The fourth-order valence-electron chi connectivity index (χ4n) is 2.46. The molecule has 0 aromatic heterocycles. The summed E-state index contributed by atoms with van der Waals surface area (Å²) >= 11 is 0. The van der Waals surface area contributed by atoms with Crippen LogP contribution in [0.5, 0.6) is 0 Å². The van der Waals surface area contributed by atoms with Crippen LogP contribution in [0, 0.1) is 0 Å². The molecule has 0 bridgehead atoms. The van der Waals surface area contributed by atoms with Gasteiger partial charge in [0, 0.05) is 12.2 Å². The molecule has 3 rings (SSSR count). The Morgan fingerprint density at radius 1 is 1.18 bits per heavy atom. The SMILES string of the molecule is C=CC(=O)Nc1ccc(S(=O)N2CCc3ccccc32)cc1. The maximum atomic E-state index is 12.7. The van der Waals surface area contributed by atoms with Crippen LogP contribution in [0.3, 0.4) is 0 Å². The zero-order valence-electron chi connectivity index (χ0n) is 12.0. The molecule has 0 fully saturated rings. The summed E-state index contributed by atoms with van der Waals surface area (Å²) in [6.45, 7) is 4.16. The van der Waals surface area contributed by atoms with Gasteiger partial charge >= 0.3 is 0 Å². The van der Waals surface area contributed by atoms with E-state index >= 15 is 0 Å². The predicted octanol–water partition coefficient (Wildman–Crippen LogP) is 2.90.